The van der Waals surface area contributed by atoms with Crippen LogP contribution >= 0.6 is 15.9 Å². The summed E-state index contributed by atoms with van der Waals surface area (Å²) in [5, 5.41) is 0. The first-order valence-electron chi connectivity index (χ1n) is 5.28. The van der Waals surface area contributed by atoms with Gasteiger partial charge in [-0.1, -0.05) is 22.0 Å². The average molecular weight is 307 g/mol. The zero-order valence-corrected chi connectivity index (χ0v) is 11.1. The number of esters is 1. The molecular weight excluding hydrogens is 296 g/mol. The van der Waals surface area contributed by atoms with Crippen molar-refractivity contribution in [2.24, 2.45) is 0 Å². The third kappa shape index (κ3) is 3.30. The molecule has 0 amide bonds. The van der Waals surface area contributed by atoms with Crippen molar-refractivity contribution in [3.05, 3.63) is 58.3 Å². The molecule has 2 N–H and O–H groups in total. The zero-order valence-electron chi connectivity index (χ0n) is 9.47. The standard InChI is InChI=1S/C13H11BrN2O2/c14-10-5-9(6-11(15)7-10)13(17)18-8-12-3-1-2-4-16-12/h1-7H,8,15H2. The molecule has 2 aromatic rings. The fourth-order valence-corrected chi connectivity index (χ4v) is 1.95. The van der Waals surface area contributed by atoms with Crippen molar-refractivity contribution in [2.45, 2.75) is 6.61 Å². The molecule has 4 nitrogen and oxygen atoms in total. The minimum absolute atomic E-state index is 0.145. The summed E-state index contributed by atoms with van der Waals surface area (Å²) in [5.41, 5.74) is 7.28. The fourth-order valence-electron chi connectivity index (χ4n) is 1.44. The van der Waals surface area contributed by atoms with E-state index in [2.05, 4.69) is 20.9 Å². The third-order valence-corrected chi connectivity index (χ3v) is 2.69. The molecule has 5 heteroatoms. The van der Waals surface area contributed by atoms with Gasteiger partial charge in [0.15, 0.2) is 0 Å². The number of hydrogen-bond acceptors (Lipinski definition) is 4. The van der Waals surface area contributed by atoms with Gasteiger partial charge >= 0.3 is 5.97 Å². The van der Waals surface area contributed by atoms with Crippen LogP contribution in [0.5, 0.6) is 0 Å². The molecule has 0 radical (unpaired) electrons. The molecule has 0 aliphatic rings. The number of nitrogens with two attached hydrogens (primary N) is 1. The molecule has 0 aliphatic carbocycles. The second kappa shape index (κ2) is 5.64. The van der Waals surface area contributed by atoms with E-state index in [0.29, 0.717) is 16.9 Å². The summed E-state index contributed by atoms with van der Waals surface area (Å²) in [5.74, 6) is -0.423. The van der Waals surface area contributed by atoms with Gasteiger partial charge in [0.05, 0.1) is 11.3 Å². The molecule has 0 atom stereocenters. The van der Waals surface area contributed by atoms with Crippen molar-refractivity contribution in [3.63, 3.8) is 0 Å². The maximum absolute atomic E-state index is 11.8. The van der Waals surface area contributed by atoms with Gasteiger partial charge in [0.25, 0.3) is 0 Å². The number of benzene rings is 1. The van der Waals surface area contributed by atoms with Crippen LogP contribution in [0.1, 0.15) is 16.1 Å². The number of pyridine rings is 1. The molecule has 0 spiro atoms. The second-order valence-electron chi connectivity index (χ2n) is 3.67. The van der Waals surface area contributed by atoms with Crippen molar-refractivity contribution in [1.82, 2.24) is 4.98 Å². The van der Waals surface area contributed by atoms with E-state index in [1.807, 2.05) is 6.07 Å². The maximum Gasteiger partial charge on any atom is 0.338 e. The van der Waals surface area contributed by atoms with Gasteiger partial charge in [-0.15, -0.1) is 0 Å². The van der Waals surface area contributed by atoms with Crippen LogP contribution in [0, 0.1) is 0 Å². The monoisotopic (exact) mass is 306 g/mol. The summed E-state index contributed by atoms with van der Waals surface area (Å²) >= 11 is 3.28. The minimum Gasteiger partial charge on any atom is -0.456 e. The van der Waals surface area contributed by atoms with E-state index in [9.17, 15) is 4.79 Å². The van der Waals surface area contributed by atoms with Gasteiger partial charge in [-0.05, 0) is 30.3 Å². The van der Waals surface area contributed by atoms with Crippen molar-refractivity contribution >= 4 is 27.6 Å². The summed E-state index contributed by atoms with van der Waals surface area (Å²) in [4.78, 5) is 15.9. The molecule has 18 heavy (non-hydrogen) atoms. The number of anilines is 1. The van der Waals surface area contributed by atoms with Gasteiger partial charge in [0.1, 0.15) is 6.61 Å². The largest absolute Gasteiger partial charge is 0.456 e. The van der Waals surface area contributed by atoms with E-state index in [-0.39, 0.29) is 6.61 Å². The topological polar surface area (TPSA) is 65.2 Å². The summed E-state index contributed by atoms with van der Waals surface area (Å²) in [7, 11) is 0. The van der Waals surface area contributed by atoms with Gasteiger partial charge in [0, 0.05) is 16.4 Å². The van der Waals surface area contributed by atoms with Crippen LogP contribution in [0.2, 0.25) is 0 Å². The smallest absolute Gasteiger partial charge is 0.338 e. The Morgan fingerprint density at radius 2 is 2.17 bits per heavy atom. The van der Waals surface area contributed by atoms with Crippen LogP contribution in [0.25, 0.3) is 0 Å². The van der Waals surface area contributed by atoms with Crippen molar-refractivity contribution in [2.75, 3.05) is 5.73 Å². The van der Waals surface area contributed by atoms with Crippen LogP contribution < -0.4 is 5.73 Å². The highest BCUT2D eigenvalue weighted by Crippen LogP contribution is 2.18. The molecule has 0 saturated carbocycles. The Kier molecular flexibility index (Phi) is 3.94. The number of rotatable bonds is 3. The van der Waals surface area contributed by atoms with Gasteiger partial charge in [-0.25, -0.2) is 4.79 Å². The number of aromatic nitrogens is 1. The highest BCUT2D eigenvalue weighted by atomic mass is 79.9. The van der Waals surface area contributed by atoms with Gasteiger partial charge in [-0.2, -0.15) is 0 Å². The average Bonchev–Trinajstić information content (AvgIpc) is 2.36. The molecule has 0 unspecified atom stereocenters. The van der Waals surface area contributed by atoms with Gasteiger partial charge < -0.3 is 10.5 Å². The van der Waals surface area contributed by atoms with Crippen LogP contribution in [0.15, 0.2) is 47.1 Å². The molecule has 0 saturated heterocycles. The van der Waals surface area contributed by atoms with Crippen LogP contribution in [-0.4, -0.2) is 11.0 Å². The van der Waals surface area contributed by atoms with Crippen LogP contribution in [0.3, 0.4) is 0 Å². The van der Waals surface area contributed by atoms with Crippen molar-refractivity contribution in [3.8, 4) is 0 Å². The Labute approximate surface area is 113 Å². The molecule has 0 bridgehead atoms. The summed E-state index contributed by atoms with van der Waals surface area (Å²) in [6.45, 7) is 0.145. The lowest BCUT2D eigenvalue weighted by molar-refractivity contribution is 0.0467. The summed E-state index contributed by atoms with van der Waals surface area (Å²) < 4.78 is 5.89. The minimum atomic E-state index is -0.423. The highest BCUT2D eigenvalue weighted by molar-refractivity contribution is 9.10. The summed E-state index contributed by atoms with van der Waals surface area (Å²) in [6.07, 6.45) is 1.65. The van der Waals surface area contributed by atoms with E-state index < -0.39 is 5.97 Å². The molecule has 92 valence electrons. The highest BCUT2D eigenvalue weighted by Gasteiger charge is 2.09. The molecule has 0 aliphatic heterocycles. The summed E-state index contributed by atoms with van der Waals surface area (Å²) in [6, 6.07) is 10.4. The van der Waals surface area contributed by atoms with Crippen molar-refractivity contribution < 1.29 is 9.53 Å². The first-order chi connectivity index (χ1) is 8.65. The number of ether oxygens (including phenoxy) is 1. The zero-order chi connectivity index (χ0) is 13.0. The third-order valence-electron chi connectivity index (χ3n) is 2.23. The Morgan fingerprint density at radius 3 is 2.83 bits per heavy atom. The number of carbonyl (C=O) groups excluding carboxylic acids is 1. The van der Waals surface area contributed by atoms with Crippen LogP contribution in [-0.2, 0) is 11.3 Å². The number of nitrogens with zero attached hydrogens (tertiary/aromatic N) is 1. The molecule has 1 aromatic carbocycles. The fraction of sp³-hybridized carbons (Fsp3) is 0.0769. The predicted molar refractivity (Wildman–Crippen MR) is 71.9 cm³/mol. The number of halogens is 1. The number of carbonyl (C=O) groups is 1. The Morgan fingerprint density at radius 1 is 1.33 bits per heavy atom. The van der Waals surface area contributed by atoms with E-state index in [1.165, 1.54) is 0 Å². The van der Waals surface area contributed by atoms with E-state index >= 15 is 0 Å². The van der Waals surface area contributed by atoms with Gasteiger partial charge in [-0.3, -0.25) is 4.98 Å². The van der Waals surface area contributed by atoms with E-state index in [0.717, 1.165) is 4.47 Å². The number of hydrogen-bond donors (Lipinski definition) is 1. The van der Waals surface area contributed by atoms with E-state index in [1.54, 1.807) is 36.5 Å². The molecule has 1 heterocycles. The second-order valence-corrected chi connectivity index (χ2v) is 4.59. The lowest BCUT2D eigenvalue weighted by Crippen LogP contribution is -2.06. The van der Waals surface area contributed by atoms with Crippen LogP contribution in [0.4, 0.5) is 5.69 Å². The Bertz CT molecular complexity index is 538. The molecule has 2 rings (SSSR count). The lowest BCUT2D eigenvalue weighted by Gasteiger charge is -2.05. The predicted octanol–water partition coefficient (Wildman–Crippen LogP) is 2.78. The molecule has 0 fully saturated rings. The SMILES string of the molecule is Nc1cc(Br)cc(C(=O)OCc2ccccn2)c1. The molecule has 1 aromatic heterocycles. The Hall–Kier alpha value is -1.88. The first-order valence-corrected chi connectivity index (χ1v) is 6.07. The quantitative estimate of drug-likeness (QED) is 0.699. The normalized spacial score (nSPS) is 10.1. The maximum atomic E-state index is 11.8. The van der Waals surface area contributed by atoms with E-state index in [4.69, 9.17) is 10.5 Å². The Balaban J connectivity index is 2.04. The lowest BCUT2D eigenvalue weighted by atomic mass is 10.2. The van der Waals surface area contributed by atoms with Gasteiger partial charge in [0.2, 0.25) is 0 Å². The molecular formula is C13H11BrN2O2. The first kappa shape index (κ1) is 12.6. The van der Waals surface area contributed by atoms with Crippen molar-refractivity contribution in [1.29, 1.82) is 0 Å². The number of nitrogen functional groups attached to an aromatic ring is 1.